The molecule has 1 amide bonds. The Kier molecular flexibility index (Phi) is 4.27. The van der Waals surface area contributed by atoms with Crippen molar-refractivity contribution in [1.82, 2.24) is 15.4 Å². The Morgan fingerprint density at radius 3 is 2.84 bits per heavy atom. The Bertz CT molecular complexity index is 883. The van der Waals surface area contributed by atoms with Crippen LogP contribution in [-0.2, 0) is 4.79 Å². The molecule has 1 aromatic carbocycles. The summed E-state index contributed by atoms with van der Waals surface area (Å²) in [5.74, 6) is 1.33. The number of carbonyl (C=O) groups excluding carboxylic acids is 1. The molecule has 0 unspecified atom stereocenters. The first kappa shape index (κ1) is 15.9. The highest BCUT2D eigenvalue weighted by molar-refractivity contribution is 7.99. The average molecular weight is 356 g/mol. The van der Waals surface area contributed by atoms with Crippen LogP contribution >= 0.6 is 11.8 Å². The van der Waals surface area contributed by atoms with E-state index >= 15 is 0 Å². The van der Waals surface area contributed by atoms with Gasteiger partial charge in [-0.05, 0) is 19.8 Å². The van der Waals surface area contributed by atoms with E-state index in [0.29, 0.717) is 28.6 Å². The molecule has 0 saturated heterocycles. The molecule has 2 aromatic heterocycles. The number of hydrogen-bond donors (Lipinski definition) is 1. The Hall–Kier alpha value is -2.61. The summed E-state index contributed by atoms with van der Waals surface area (Å²) < 4.78 is 10.7. The highest BCUT2D eigenvalue weighted by atomic mass is 32.2. The van der Waals surface area contributed by atoms with Gasteiger partial charge in [-0.2, -0.15) is 0 Å². The summed E-state index contributed by atoms with van der Waals surface area (Å²) in [6.07, 6.45) is 2.20. The Balaban J connectivity index is 1.32. The number of amides is 1. The van der Waals surface area contributed by atoms with Gasteiger partial charge in [0.2, 0.25) is 17.7 Å². The maximum atomic E-state index is 12.0. The molecule has 1 N–H and O–H groups in total. The molecule has 0 atom stereocenters. The van der Waals surface area contributed by atoms with Gasteiger partial charge < -0.3 is 8.94 Å². The van der Waals surface area contributed by atoms with Crippen LogP contribution in [0.2, 0.25) is 0 Å². The SMILES string of the molecule is Cc1ccc(-c2cc(NC(=O)CSc3nnc(C4CC4)o3)on2)cc1. The number of carbonyl (C=O) groups is 1. The van der Waals surface area contributed by atoms with E-state index in [1.165, 1.54) is 17.3 Å². The molecule has 0 spiro atoms. The van der Waals surface area contributed by atoms with E-state index in [1.807, 2.05) is 31.2 Å². The van der Waals surface area contributed by atoms with Crippen molar-refractivity contribution >= 4 is 23.6 Å². The zero-order chi connectivity index (χ0) is 17.2. The van der Waals surface area contributed by atoms with Gasteiger partial charge in [0.25, 0.3) is 5.22 Å². The third kappa shape index (κ3) is 3.90. The fraction of sp³-hybridized carbons (Fsp3) is 0.294. The molecule has 8 heteroatoms. The van der Waals surface area contributed by atoms with Gasteiger partial charge in [0.15, 0.2) is 0 Å². The van der Waals surface area contributed by atoms with Crippen molar-refractivity contribution < 1.29 is 13.7 Å². The van der Waals surface area contributed by atoms with Crippen LogP contribution in [0.25, 0.3) is 11.3 Å². The summed E-state index contributed by atoms with van der Waals surface area (Å²) in [5.41, 5.74) is 2.78. The fourth-order valence-electron chi connectivity index (χ4n) is 2.27. The molecule has 25 heavy (non-hydrogen) atoms. The summed E-state index contributed by atoms with van der Waals surface area (Å²) >= 11 is 1.20. The number of benzene rings is 1. The Labute approximate surface area is 148 Å². The van der Waals surface area contributed by atoms with Crippen molar-refractivity contribution in [3.63, 3.8) is 0 Å². The molecular formula is C17H16N4O3S. The van der Waals surface area contributed by atoms with Gasteiger partial charge in [-0.15, -0.1) is 10.2 Å². The largest absolute Gasteiger partial charge is 0.416 e. The molecule has 1 aliphatic carbocycles. The minimum atomic E-state index is -0.220. The summed E-state index contributed by atoms with van der Waals surface area (Å²) in [6, 6.07) is 9.62. The number of rotatable bonds is 6. The molecule has 128 valence electrons. The zero-order valence-corrected chi connectivity index (χ0v) is 14.4. The second-order valence-electron chi connectivity index (χ2n) is 5.96. The van der Waals surface area contributed by atoms with Crippen LogP contribution < -0.4 is 5.32 Å². The second kappa shape index (κ2) is 6.72. The van der Waals surface area contributed by atoms with Crippen LogP contribution in [0.5, 0.6) is 0 Å². The van der Waals surface area contributed by atoms with Crippen LogP contribution in [-0.4, -0.2) is 27.0 Å². The first-order chi connectivity index (χ1) is 12.2. The second-order valence-corrected chi connectivity index (χ2v) is 6.89. The summed E-state index contributed by atoms with van der Waals surface area (Å²) in [5, 5.41) is 15.0. The minimum absolute atomic E-state index is 0.160. The predicted octanol–water partition coefficient (Wildman–Crippen LogP) is 3.64. The van der Waals surface area contributed by atoms with Gasteiger partial charge in [0.05, 0.1) is 5.75 Å². The Morgan fingerprint density at radius 1 is 1.28 bits per heavy atom. The highest BCUT2D eigenvalue weighted by Crippen LogP contribution is 2.39. The molecule has 2 heterocycles. The summed E-state index contributed by atoms with van der Waals surface area (Å²) in [6.45, 7) is 2.02. The predicted molar refractivity (Wildman–Crippen MR) is 92.3 cm³/mol. The van der Waals surface area contributed by atoms with E-state index in [1.54, 1.807) is 6.07 Å². The lowest BCUT2D eigenvalue weighted by molar-refractivity contribution is -0.113. The number of aromatic nitrogens is 3. The topological polar surface area (TPSA) is 94.1 Å². The normalized spacial score (nSPS) is 13.8. The van der Waals surface area contributed by atoms with E-state index < -0.39 is 0 Å². The number of nitrogens with zero attached hydrogens (tertiary/aromatic N) is 3. The van der Waals surface area contributed by atoms with Crippen LogP contribution in [0, 0.1) is 6.92 Å². The third-order valence-electron chi connectivity index (χ3n) is 3.80. The molecule has 1 fully saturated rings. The van der Waals surface area contributed by atoms with E-state index in [2.05, 4.69) is 20.7 Å². The van der Waals surface area contributed by atoms with E-state index in [9.17, 15) is 4.79 Å². The molecular weight excluding hydrogens is 340 g/mol. The maximum absolute atomic E-state index is 12.0. The standard InChI is InChI=1S/C17H16N4O3S/c1-10-2-4-11(5-3-10)13-8-15(24-21-13)18-14(22)9-25-17-20-19-16(23-17)12-6-7-12/h2-5,8,12H,6-7,9H2,1H3,(H,18,22). The van der Waals surface area contributed by atoms with Crippen molar-refractivity contribution in [1.29, 1.82) is 0 Å². The van der Waals surface area contributed by atoms with Gasteiger partial charge in [0, 0.05) is 17.5 Å². The van der Waals surface area contributed by atoms with Gasteiger partial charge in [-0.1, -0.05) is 46.7 Å². The number of thioether (sulfide) groups is 1. The van der Waals surface area contributed by atoms with Gasteiger partial charge >= 0.3 is 0 Å². The van der Waals surface area contributed by atoms with E-state index in [-0.39, 0.29) is 11.7 Å². The van der Waals surface area contributed by atoms with Crippen LogP contribution in [0.4, 0.5) is 5.88 Å². The minimum Gasteiger partial charge on any atom is -0.416 e. The van der Waals surface area contributed by atoms with Gasteiger partial charge in [-0.25, -0.2) is 0 Å². The molecule has 4 rings (SSSR count). The summed E-state index contributed by atoms with van der Waals surface area (Å²) in [7, 11) is 0. The van der Waals surface area contributed by atoms with Gasteiger partial charge in [0.1, 0.15) is 5.69 Å². The van der Waals surface area contributed by atoms with Crippen molar-refractivity contribution in [2.45, 2.75) is 30.9 Å². The van der Waals surface area contributed by atoms with Crippen molar-refractivity contribution in [3.8, 4) is 11.3 Å². The molecule has 3 aromatic rings. The zero-order valence-electron chi connectivity index (χ0n) is 13.6. The molecule has 1 saturated carbocycles. The smallest absolute Gasteiger partial charge is 0.277 e. The lowest BCUT2D eigenvalue weighted by Crippen LogP contribution is -2.13. The third-order valence-corrected chi connectivity index (χ3v) is 4.61. The molecule has 0 bridgehead atoms. The molecule has 0 aliphatic heterocycles. The van der Waals surface area contributed by atoms with E-state index in [4.69, 9.17) is 8.94 Å². The molecule has 0 radical (unpaired) electrons. The molecule has 7 nitrogen and oxygen atoms in total. The van der Waals surface area contributed by atoms with Crippen LogP contribution in [0.1, 0.15) is 30.2 Å². The highest BCUT2D eigenvalue weighted by Gasteiger charge is 2.29. The lowest BCUT2D eigenvalue weighted by Gasteiger charge is -1.98. The van der Waals surface area contributed by atoms with Gasteiger partial charge in [-0.3, -0.25) is 10.1 Å². The monoisotopic (exact) mass is 356 g/mol. The van der Waals surface area contributed by atoms with Crippen molar-refractivity contribution in [2.24, 2.45) is 0 Å². The quantitative estimate of drug-likeness (QED) is 0.674. The first-order valence-electron chi connectivity index (χ1n) is 7.97. The first-order valence-corrected chi connectivity index (χ1v) is 8.96. The van der Waals surface area contributed by atoms with Crippen LogP contribution in [0.15, 0.2) is 44.5 Å². The Morgan fingerprint density at radius 2 is 2.08 bits per heavy atom. The average Bonchev–Trinajstić information content (AvgIpc) is 3.17. The number of aryl methyl sites for hydroxylation is 1. The maximum Gasteiger partial charge on any atom is 0.277 e. The van der Waals surface area contributed by atoms with E-state index in [0.717, 1.165) is 18.4 Å². The summed E-state index contributed by atoms with van der Waals surface area (Å²) in [4.78, 5) is 12.0. The van der Waals surface area contributed by atoms with Crippen molar-refractivity contribution in [2.75, 3.05) is 11.1 Å². The fourth-order valence-corrected chi connectivity index (χ4v) is 2.84. The number of nitrogens with one attached hydrogen (secondary N) is 1. The lowest BCUT2D eigenvalue weighted by atomic mass is 10.1. The molecule has 1 aliphatic rings. The number of anilines is 1. The van der Waals surface area contributed by atoms with Crippen molar-refractivity contribution in [3.05, 3.63) is 41.8 Å². The van der Waals surface area contributed by atoms with Crippen LogP contribution in [0.3, 0.4) is 0 Å². The number of hydrogen-bond acceptors (Lipinski definition) is 7.